The molecule has 0 bridgehead atoms. The fraction of sp³-hybridized carbons (Fsp3) is 0.500. The number of ether oxygens (including phenoxy) is 1. The Kier molecular flexibility index (Phi) is 5.44. The molecule has 0 rings (SSSR count). The predicted octanol–water partition coefficient (Wildman–Crippen LogP) is -0.686. The van der Waals surface area contributed by atoms with Crippen molar-refractivity contribution in [1.82, 2.24) is 5.48 Å². The van der Waals surface area contributed by atoms with Gasteiger partial charge in [-0.1, -0.05) is 5.92 Å². The normalized spacial score (nSPS) is 8.40. The largest absolute Gasteiger partial charge is 0.375 e. The molecule has 0 saturated heterocycles. The Morgan fingerprint density at radius 2 is 2.50 bits per heavy atom. The second-order valence-corrected chi connectivity index (χ2v) is 1.45. The summed E-state index contributed by atoms with van der Waals surface area (Å²) in [6.07, 6.45) is 4.83. The van der Waals surface area contributed by atoms with Crippen LogP contribution in [0.4, 0.5) is 0 Å². The molecule has 10 heavy (non-hydrogen) atoms. The molecule has 1 amide bonds. The van der Waals surface area contributed by atoms with Crippen LogP contribution in [-0.2, 0) is 14.4 Å². The highest BCUT2D eigenvalue weighted by molar-refractivity contribution is 5.75. The van der Waals surface area contributed by atoms with Crippen molar-refractivity contribution in [3.05, 3.63) is 0 Å². The van der Waals surface area contributed by atoms with Crippen LogP contribution >= 0.6 is 0 Å². The molecule has 0 aromatic carbocycles. The molecule has 0 atom stereocenters. The van der Waals surface area contributed by atoms with Crippen molar-refractivity contribution in [2.24, 2.45) is 0 Å². The quantitative estimate of drug-likeness (QED) is 0.322. The third kappa shape index (κ3) is 5.09. The van der Waals surface area contributed by atoms with E-state index in [2.05, 4.69) is 21.0 Å². The van der Waals surface area contributed by atoms with Crippen molar-refractivity contribution < 1.29 is 14.4 Å². The van der Waals surface area contributed by atoms with E-state index in [1.54, 1.807) is 0 Å². The van der Waals surface area contributed by atoms with Crippen LogP contribution in [-0.4, -0.2) is 26.2 Å². The molecule has 0 aliphatic carbocycles. The van der Waals surface area contributed by atoms with Gasteiger partial charge in [-0.2, -0.15) is 0 Å². The zero-order valence-corrected chi connectivity index (χ0v) is 5.72. The van der Waals surface area contributed by atoms with E-state index in [1.165, 1.54) is 7.11 Å². The summed E-state index contributed by atoms with van der Waals surface area (Å²) >= 11 is 0. The van der Waals surface area contributed by atoms with Gasteiger partial charge in [-0.05, 0) is 0 Å². The lowest BCUT2D eigenvalue weighted by Crippen LogP contribution is -2.27. The Morgan fingerprint density at radius 3 is 3.00 bits per heavy atom. The molecule has 56 valence electrons. The molecule has 0 aliphatic heterocycles. The van der Waals surface area contributed by atoms with E-state index in [-0.39, 0.29) is 19.1 Å². The first-order valence-electron chi connectivity index (χ1n) is 2.64. The van der Waals surface area contributed by atoms with Gasteiger partial charge in [0.15, 0.2) is 0 Å². The molecule has 0 radical (unpaired) electrons. The van der Waals surface area contributed by atoms with Gasteiger partial charge in [-0.25, -0.2) is 5.48 Å². The molecule has 0 aliphatic rings. The summed E-state index contributed by atoms with van der Waals surface area (Å²) in [5.41, 5.74) is 2.08. The summed E-state index contributed by atoms with van der Waals surface area (Å²) in [5, 5.41) is 0. The van der Waals surface area contributed by atoms with E-state index in [0.717, 1.165) is 0 Å². The van der Waals surface area contributed by atoms with Gasteiger partial charge < -0.3 is 4.74 Å². The van der Waals surface area contributed by atoms with Crippen molar-refractivity contribution in [3.8, 4) is 12.3 Å². The maximum atomic E-state index is 10.5. The molecule has 0 fully saturated rings. The zero-order valence-electron chi connectivity index (χ0n) is 5.72. The number of nitrogens with one attached hydrogen (secondary N) is 1. The number of terminal acetylenes is 1. The number of rotatable bonds is 4. The first-order chi connectivity index (χ1) is 4.81. The van der Waals surface area contributed by atoms with Gasteiger partial charge in [-0.15, -0.1) is 6.42 Å². The summed E-state index contributed by atoms with van der Waals surface area (Å²) < 4.78 is 4.49. The summed E-state index contributed by atoms with van der Waals surface area (Å²) in [6, 6.07) is 0. The second kappa shape index (κ2) is 6.08. The van der Waals surface area contributed by atoms with Gasteiger partial charge in [-0.3, -0.25) is 9.63 Å². The topological polar surface area (TPSA) is 47.6 Å². The highest BCUT2D eigenvalue weighted by Crippen LogP contribution is 1.69. The lowest BCUT2D eigenvalue weighted by atomic mass is 10.7. The Hall–Kier alpha value is -1.05. The number of amides is 1. The fourth-order valence-electron chi connectivity index (χ4n) is 0.319. The van der Waals surface area contributed by atoms with E-state index < -0.39 is 0 Å². The zero-order chi connectivity index (χ0) is 7.82. The van der Waals surface area contributed by atoms with Crippen LogP contribution in [0.5, 0.6) is 0 Å². The van der Waals surface area contributed by atoms with E-state index >= 15 is 0 Å². The van der Waals surface area contributed by atoms with Crippen molar-refractivity contribution in [3.63, 3.8) is 0 Å². The fourth-order valence-corrected chi connectivity index (χ4v) is 0.319. The SMILES string of the molecule is C#CCONC(=O)COC. The Morgan fingerprint density at radius 1 is 1.80 bits per heavy atom. The van der Waals surface area contributed by atoms with E-state index in [9.17, 15) is 4.79 Å². The molecule has 0 aromatic heterocycles. The summed E-state index contributed by atoms with van der Waals surface area (Å²) in [5.74, 6) is 1.84. The summed E-state index contributed by atoms with van der Waals surface area (Å²) in [4.78, 5) is 15.0. The first kappa shape index (κ1) is 8.95. The monoisotopic (exact) mass is 143 g/mol. The van der Waals surface area contributed by atoms with Crippen molar-refractivity contribution in [2.75, 3.05) is 20.3 Å². The van der Waals surface area contributed by atoms with Gasteiger partial charge in [0.1, 0.15) is 13.2 Å². The number of hydrogen-bond acceptors (Lipinski definition) is 3. The lowest BCUT2D eigenvalue weighted by Gasteiger charge is -2.00. The molecule has 1 N–H and O–H groups in total. The lowest BCUT2D eigenvalue weighted by molar-refractivity contribution is -0.136. The molecule has 0 unspecified atom stereocenters. The summed E-state index contributed by atoms with van der Waals surface area (Å²) in [7, 11) is 1.42. The minimum absolute atomic E-state index is 0.0232. The highest BCUT2D eigenvalue weighted by Gasteiger charge is 1.96. The number of hydroxylamine groups is 1. The van der Waals surface area contributed by atoms with E-state index in [1.807, 2.05) is 0 Å². The molecular formula is C6H9NO3. The molecular weight excluding hydrogens is 134 g/mol. The van der Waals surface area contributed by atoms with E-state index in [0.29, 0.717) is 0 Å². The predicted molar refractivity (Wildman–Crippen MR) is 34.8 cm³/mol. The minimum atomic E-state index is -0.349. The standard InChI is InChI=1S/C6H9NO3/c1-3-4-10-7-6(8)5-9-2/h1H,4-5H2,2H3,(H,7,8). The van der Waals surface area contributed by atoms with Gasteiger partial charge in [0.2, 0.25) is 0 Å². The smallest absolute Gasteiger partial charge is 0.269 e. The van der Waals surface area contributed by atoms with Crippen molar-refractivity contribution in [1.29, 1.82) is 0 Å². The molecule has 0 aromatic rings. The maximum absolute atomic E-state index is 10.5. The minimum Gasteiger partial charge on any atom is -0.375 e. The third-order valence-electron chi connectivity index (χ3n) is 0.617. The average molecular weight is 143 g/mol. The van der Waals surface area contributed by atoms with Gasteiger partial charge in [0.25, 0.3) is 5.91 Å². The van der Waals surface area contributed by atoms with Gasteiger partial charge in [0.05, 0.1) is 0 Å². The Bertz CT molecular complexity index is 138. The number of methoxy groups -OCH3 is 1. The second-order valence-electron chi connectivity index (χ2n) is 1.45. The van der Waals surface area contributed by atoms with Gasteiger partial charge >= 0.3 is 0 Å². The van der Waals surface area contributed by atoms with Crippen LogP contribution in [0.1, 0.15) is 0 Å². The maximum Gasteiger partial charge on any atom is 0.269 e. The Balaban J connectivity index is 3.15. The number of hydrogen-bond donors (Lipinski definition) is 1. The van der Waals surface area contributed by atoms with Crippen LogP contribution in [0.3, 0.4) is 0 Å². The molecule has 0 saturated carbocycles. The third-order valence-corrected chi connectivity index (χ3v) is 0.617. The molecule has 4 nitrogen and oxygen atoms in total. The summed E-state index contributed by atoms with van der Waals surface area (Å²) in [6.45, 7) is 0.0417. The number of carbonyl (C=O) groups excluding carboxylic acids is 1. The number of carbonyl (C=O) groups is 1. The van der Waals surface area contributed by atoms with Crippen LogP contribution in [0, 0.1) is 12.3 Å². The van der Waals surface area contributed by atoms with Crippen LogP contribution in [0.25, 0.3) is 0 Å². The molecule has 4 heteroatoms. The van der Waals surface area contributed by atoms with Gasteiger partial charge in [0, 0.05) is 7.11 Å². The van der Waals surface area contributed by atoms with Crippen LogP contribution in [0.2, 0.25) is 0 Å². The van der Waals surface area contributed by atoms with Crippen molar-refractivity contribution in [2.45, 2.75) is 0 Å². The van der Waals surface area contributed by atoms with E-state index in [4.69, 9.17) is 6.42 Å². The molecule has 0 spiro atoms. The van der Waals surface area contributed by atoms with Crippen molar-refractivity contribution >= 4 is 5.91 Å². The van der Waals surface area contributed by atoms with Crippen LogP contribution < -0.4 is 5.48 Å². The Labute approximate surface area is 59.5 Å². The highest BCUT2D eigenvalue weighted by atomic mass is 16.7. The first-order valence-corrected chi connectivity index (χ1v) is 2.64. The van der Waals surface area contributed by atoms with Crippen LogP contribution in [0.15, 0.2) is 0 Å². The average Bonchev–Trinajstić information content (AvgIpc) is 1.89. The molecule has 0 heterocycles.